The number of terminal acetylenes is 1. The Hall–Kier alpha value is -3.99. The van der Waals surface area contributed by atoms with Crippen molar-refractivity contribution in [2.45, 2.75) is 25.3 Å². The number of nitrogens with one attached hydrogen (secondary N) is 1. The number of fused-ring (bicyclic) bond motifs is 1. The van der Waals surface area contributed by atoms with Crippen LogP contribution in [0.1, 0.15) is 24.2 Å². The number of anilines is 1. The maximum Gasteiger partial charge on any atom is 0.409 e. The predicted octanol–water partition coefficient (Wildman–Crippen LogP) is 2.50. The molecule has 0 atom stereocenters. The fraction of sp³-hybridized carbons (Fsp3) is 0.308. The van der Waals surface area contributed by atoms with Crippen LogP contribution in [0.15, 0.2) is 52.4 Å². The lowest BCUT2D eigenvalue weighted by molar-refractivity contribution is -0.114. The van der Waals surface area contributed by atoms with Crippen molar-refractivity contribution in [3.8, 4) is 12.3 Å². The third-order valence-corrected chi connectivity index (χ3v) is 8.91. The second-order valence-corrected chi connectivity index (χ2v) is 11.5. The number of carbonyl (C=O) groups excluding carboxylic acids is 3. The molecule has 0 bridgehead atoms. The molecule has 3 amide bonds. The lowest BCUT2D eigenvalue weighted by atomic mass is 10.2. The fourth-order valence-corrected chi connectivity index (χ4v) is 6.57. The molecule has 1 aliphatic heterocycles. The van der Waals surface area contributed by atoms with Crippen molar-refractivity contribution in [3.63, 3.8) is 0 Å². The molecule has 0 unspecified atom stereocenters. The second-order valence-electron chi connectivity index (χ2n) is 8.57. The van der Waals surface area contributed by atoms with Gasteiger partial charge in [-0.05, 0) is 49.4 Å². The second kappa shape index (κ2) is 11.8. The smallest absolute Gasteiger partial charge is 0.409 e. The normalized spacial score (nSPS) is 14.7. The molecule has 13 heteroatoms. The zero-order valence-corrected chi connectivity index (χ0v) is 23.0. The van der Waals surface area contributed by atoms with Gasteiger partial charge in [0.05, 0.1) is 28.3 Å². The van der Waals surface area contributed by atoms with Gasteiger partial charge in [-0.15, -0.1) is 6.42 Å². The maximum atomic E-state index is 13.1. The number of carbonyl (C=O) groups is 3. The van der Waals surface area contributed by atoms with Crippen LogP contribution in [0.25, 0.3) is 10.2 Å². The number of benzene rings is 2. The Kier molecular flexibility index (Phi) is 8.49. The molecule has 4 rings (SSSR count). The standard InChI is InChI=1S/C26H27N5O6S2/c1-4-12-31-22-11-8-20(27-18(3)32)17-23(22)38-25(31)28-24(33)19-6-9-21(10-7-19)39(35,36)30-15-13-29(14-16-30)26(34)37-5-2/h1,6-11,17H,5,12-16H2,2-3H3,(H,27,32). The van der Waals surface area contributed by atoms with Gasteiger partial charge in [-0.1, -0.05) is 17.3 Å². The average molecular weight is 570 g/mol. The molecule has 1 fully saturated rings. The number of ether oxygens (including phenoxy) is 1. The van der Waals surface area contributed by atoms with E-state index in [1.165, 1.54) is 51.7 Å². The van der Waals surface area contributed by atoms with Gasteiger partial charge in [0, 0.05) is 44.4 Å². The molecule has 204 valence electrons. The van der Waals surface area contributed by atoms with E-state index in [1.54, 1.807) is 29.7 Å². The van der Waals surface area contributed by atoms with E-state index in [0.717, 1.165) is 10.2 Å². The van der Waals surface area contributed by atoms with E-state index in [1.807, 2.05) is 0 Å². The molecule has 1 saturated heterocycles. The summed E-state index contributed by atoms with van der Waals surface area (Å²) in [6.45, 7) is 4.30. The molecule has 1 aliphatic rings. The zero-order valence-electron chi connectivity index (χ0n) is 21.4. The number of sulfonamides is 1. The first-order valence-corrected chi connectivity index (χ1v) is 14.3. The van der Waals surface area contributed by atoms with Crippen LogP contribution in [-0.2, 0) is 26.1 Å². The summed E-state index contributed by atoms with van der Waals surface area (Å²) in [7, 11) is -3.81. The number of thiazole rings is 1. The highest BCUT2D eigenvalue weighted by molar-refractivity contribution is 7.89. The molecule has 2 heterocycles. The summed E-state index contributed by atoms with van der Waals surface area (Å²) in [5.41, 5.74) is 1.59. The van der Waals surface area contributed by atoms with Crippen molar-refractivity contribution in [2.24, 2.45) is 4.99 Å². The molecule has 2 aromatic carbocycles. The molecule has 0 saturated carbocycles. The highest BCUT2D eigenvalue weighted by Crippen LogP contribution is 2.23. The average Bonchev–Trinajstić information content (AvgIpc) is 3.24. The first-order chi connectivity index (χ1) is 18.6. The third-order valence-electron chi connectivity index (χ3n) is 5.95. The van der Waals surface area contributed by atoms with Crippen LogP contribution in [-0.4, -0.2) is 72.9 Å². The van der Waals surface area contributed by atoms with Crippen LogP contribution in [0, 0.1) is 12.3 Å². The van der Waals surface area contributed by atoms with E-state index < -0.39 is 22.0 Å². The minimum atomic E-state index is -3.81. The predicted molar refractivity (Wildman–Crippen MR) is 147 cm³/mol. The molecule has 3 aromatic rings. The van der Waals surface area contributed by atoms with Crippen molar-refractivity contribution < 1.29 is 27.5 Å². The third kappa shape index (κ3) is 6.19. The minimum Gasteiger partial charge on any atom is -0.450 e. The minimum absolute atomic E-state index is 0.0402. The lowest BCUT2D eigenvalue weighted by Gasteiger charge is -2.33. The largest absolute Gasteiger partial charge is 0.450 e. The van der Waals surface area contributed by atoms with Crippen LogP contribution < -0.4 is 10.1 Å². The van der Waals surface area contributed by atoms with Gasteiger partial charge in [0.25, 0.3) is 5.91 Å². The highest BCUT2D eigenvalue weighted by Gasteiger charge is 2.30. The number of nitrogens with zero attached hydrogens (tertiary/aromatic N) is 4. The SMILES string of the molecule is C#CCn1c(=NC(=O)c2ccc(S(=O)(=O)N3CCN(C(=O)OCC)CC3)cc2)sc2cc(NC(C)=O)ccc21. The Labute approximate surface area is 229 Å². The highest BCUT2D eigenvalue weighted by atomic mass is 32.2. The number of hydrogen-bond acceptors (Lipinski definition) is 7. The van der Waals surface area contributed by atoms with Crippen molar-refractivity contribution in [3.05, 3.63) is 52.8 Å². The number of hydrogen-bond donors (Lipinski definition) is 1. The van der Waals surface area contributed by atoms with Crippen molar-refractivity contribution in [1.29, 1.82) is 0 Å². The van der Waals surface area contributed by atoms with E-state index in [-0.39, 0.29) is 55.7 Å². The van der Waals surface area contributed by atoms with Crippen LogP contribution in [0.4, 0.5) is 10.5 Å². The van der Waals surface area contributed by atoms with Gasteiger partial charge in [-0.3, -0.25) is 9.59 Å². The topological polar surface area (TPSA) is 130 Å². The zero-order chi connectivity index (χ0) is 28.2. The summed E-state index contributed by atoms with van der Waals surface area (Å²) < 4.78 is 35.0. The van der Waals surface area contributed by atoms with Gasteiger partial charge in [0.15, 0.2) is 4.80 Å². The molecule has 0 spiro atoms. The molecule has 39 heavy (non-hydrogen) atoms. The Morgan fingerprint density at radius 2 is 1.79 bits per heavy atom. The Balaban J connectivity index is 1.54. The van der Waals surface area contributed by atoms with E-state index in [0.29, 0.717) is 10.5 Å². The van der Waals surface area contributed by atoms with Crippen LogP contribution in [0.3, 0.4) is 0 Å². The summed E-state index contributed by atoms with van der Waals surface area (Å²) in [4.78, 5) is 42.4. The molecule has 0 aliphatic carbocycles. The quantitative estimate of drug-likeness (QED) is 0.454. The monoisotopic (exact) mass is 569 g/mol. The van der Waals surface area contributed by atoms with Crippen molar-refractivity contribution in [2.75, 3.05) is 38.1 Å². The van der Waals surface area contributed by atoms with Gasteiger partial charge >= 0.3 is 6.09 Å². The van der Waals surface area contributed by atoms with Gasteiger partial charge in [0.1, 0.15) is 0 Å². The first-order valence-electron chi connectivity index (χ1n) is 12.1. The lowest BCUT2D eigenvalue weighted by Crippen LogP contribution is -2.50. The fourth-order valence-electron chi connectivity index (χ4n) is 4.08. The summed E-state index contributed by atoms with van der Waals surface area (Å²) in [5, 5.41) is 2.72. The van der Waals surface area contributed by atoms with E-state index in [4.69, 9.17) is 11.2 Å². The van der Waals surface area contributed by atoms with Gasteiger partial charge in [0.2, 0.25) is 15.9 Å². The Bertz CT molecular complexity index is 1630. The van der Waals surface area contributed by atoms with Crippen molar-refractivity contribution >= 4 is 55.2 Å². The molecule has 0 radical (unpaired) electrons. The van der Waals surface area contributed by atoms with Gasteiger partial charge in [-0.2, -0.15) is 9.30 Å². The summed E-state index contributed by atoms with van der Waals surface area (Å²) in [6, 6.07) is 10.9. The number of rotatable bonds is 6. The van der Waals surface area contributed by atoms with E-state index in [2.05, 4.69) is 16.2 Å². The molecule has 11 nitrogen and oxygen atoms in total. The number of piperazine rings is 1. The van der Waals surface area contributed by atoms with Crippen molar-refractivity contribution in [1.82, 2.24) is 13.8 Å². The molecule has 1 N–H and O–H groups in total. The number of aromatic nitrogens is 1. The molecule has 1 aromatic heterocycles. The van der Waals surface area contributed by atoms with Crippen LogP contribution >= 0.6 is 11.3 Å². The molecular weight excluding hydrogens is 542 g/mol. The van der Waals surface area contributed by atoms with Gasteiger partial charge < -0.3 is 19.5 Å². The summed E-state index contributed by atoms with van der Waals surface area (Å²) in [6.07, 6.45) is 5.07. The Morgan fingerprint density at radius 1 is 1.10 bits per heavy atom. The van der Waals surface area contributed by atoms with E-state index >= 15 is 0 Å². The first kappa shape index (κ1) is 28.0. The van der Waals surface area contributed by atoms with Crippen LogP contribution in [0.5, 0.6) is 0 Å². The maximum absolute atomic E-state index is 13.1. The Morgan fingerprint density at radius 3 is 2.41 bits per heavy atom. The van der Waals surface area contributed by atoms with E-state index in [9.17, 15) is 22.8 Å². The van der Waals surface area contributed by atoms with Gasteiger partial charge in [-0.25, -0.2) is 13.2 Å². The summed E-state index contributed by atoms with van der Waals surface area (Å²) >= 11 is 1.25. The molecular formula is C26H27N5O6S2. The summed E-state index contributed by atoms with van der Waals surface area (Å²) in [5.74, 6) is 1.81. The van der Waals surface area contributed by atoms with Crippen LogP contribution in [0.2, 0.25) is 0 Å². The number of amides is 3.